The molecule has 0 aliphatic heterocycles. The van der Waals surface area contributed by atoms with Crippen molar-refractivity contribution in [1.29, 1.82) is 0 Å². The number of methoxy groups -OCH3 is 1. The van der Waals surface area contributed by atoms with Gasteiger partial charge in [0.05, 0.1) is 7.11 Å². The zero-order valence-corrected chi connectivity index (χ0v) is 9.49. The first-order chi connectivity index (χ1) is 6.85. The average molecular weight is 215 g/mol. The van der Waals surface area contributed by atoms with Gasteiger partial charge in [-0.3, -0.25) is 0 Å². The van der Waals surface area contributed by atoms with Gasteiger partial charge in [0.1, 0.15) is 5.60 Å². The Balaban J connectivity index is 3.74. The molecule has 0 bridgehead atoms. The van der Waals surface area contributed by atoms with Gasteiger partial charge in [0.25, 0.3) is 0 Å². The van der Waals surface area contributed by atoms with E-state index in [2.05, 4.69) is 10.1 Å². The molecular formula is C10H17NO4. The van der Waals surface area contributed by atoms with E-state index in [9.17, 15) is 9.59 Å². The summed E-state index contributed by atoms with van der Waals surface area (Å²) >= 11 is 0. The summed E-state index contributed by atoms with van der Waals surface area (Å²) in [6.45, 7) is 5.55. The minimum absolute atomic E-state index is 0.226. The minimum atomic E-state index is -0.518. The molecule has 0 spiro atoms. The third kappa shape index (κ3) is 8.80. The Morgan fingerprint density at radius 1 is 1.33 bits per heavy atom. The number of ether oxygens (including phenoxy) is 2. The molecule has 0 aromatic heterocycles. The standard InChI is InChI=1S/C10H17NO4/c1-10(2,3)15-9(13)11-7-5-6-8(12)14-4/h5-6H,7H2,1-4H3,(H,11,13)/b6-5+. The fraction of sp³-hybridized carbons (Fsp3) is 0.600. The Morgan fingerprint density at radius 2 is 1.93 bits per heavy atom. The van der Waals surface area contributed by atoms with Crippen LogP contribution in [0, 0.1) is 0 Å². The van der Waals surface area contributed by atoms with Crippen LogP contribution in [0.4, 0.5) is 4.79 Å². The van der Waals surface area contributed by atoms with Crippen molar-refractivity contribution in [2.24, 2.45) is 0 Å². The van der Waals surface area contributed by atoms with Gasteiger partial charge in [-0.15, -0.1) is 0 Å². The Hall–Kier alpha value is -1.52. The van der Waals surface area contributed by atoms with Gasteiger partial charge >= 0.3 is 12.1 Å². The smallest absolute Gasteiger partial charge is 0.407 e. The lowest BCUT2D eigenvalue weighted by Gasteiger charge is -2.19. The quantitative estimate of drug-likeness (QED) is 0.568. The van der Waals surface area contributed by atoms with E-state index in [0.717, 1.165) is 0 Å². The highest BCUT2D eigenvalue weighted by Crippen LogP contribution is 2.05. The van der Waals surface area contributed by atoms with E-state index >= 15 is 0 Å². The molecule has 15 heavy (non-hydrogen) atoms. The van der Waals surface area contributed by atoms with E-state index in [1.807, 2.05) is 0 Å². The summed E-state index contributed by atoms with van der Waals surface area (Å²) in [5.74, 6) is -0.457. The number of hydrogen-bond donors (Lipinski definition) is 1. The van der Waals surface area contributed by atoms with Crippen LogP contribution < -0.4 is 5.32 Å². The van der Waals surface area contributed by atoms with Gasteiger partial charge in [-0.2, -0.15) is 0 Å². The van der Waals surface area contributed by atoms with Gasteiger partial charge in [0.15, 0.2) is 0 Å². The molecule has 0 aliphatic carbocycles. The second kappa shape index (κ2) is 6.06. The largest absolute Gasteiger partial charge is 0.466 e. The molecule has 0 aliphatic rings. The van der Waals surface area contributed by atoms with Crippen LogP contribution >= 0.6 is 0 Å². The maximum Gasteiger partial charge on any atom is 0.407 e. The van der Waals surface area contributed by atoms with Crippen molar-refractivity contribution in [2.45, 2.75) is 26.4 Å². The van der Waals surface area contributed by atoms with E-state index < -0.39 is 17.7 Å². The Labute approximate surface area is 89.4 Å². The molecule has 1 N–H and O–H groups in total. The van der Waals surface area contributed by atoms with E-state index in [4.69, 9.17) is 4.74 Å². The molecular weight excluding hydrogens is 198 g/mol. The SMILES string of the molecule is COC(=O)/C=C/CNC(=O)OC(C)(C)C. The van der Waals surface area contributed by atoms with Crippen LogP contribution in [0.25, 0.3) is 0 Å². The summed E-state index contributed by atoms with van der Waals surface area (Å²) in [7, 11) is 1.29. The molecule has 5 nitrogen and oxygen atoms in total. The maximum atomic E-state index is 11.1. The van der Waals surface area contributed by atoms with Gasteiger partial charge in [0.2, 0.25) is 0 Å². The molecule has 5 heteroatoms. The summed E-state index contributed by atoms with van der Waals surface area (Å²) in [5.41, 5.74) is -0.518. The van der Waals surface area contributed by atoms with Gasteiger partial charge < -0.3 is 14.8 Å². The van der Waals surface area contributed by atoms with E-state index in [1.54, 1.807) is 20.8 Å². The van der Waals surface area contributed by atoms with Crippen molar-refractivity contribution in [3.8, 4) is 0 Å². The Morgan fingerprint density at radius 3 is 2.40 bits per heavy atom. The van der Waals surface area contributed by atoms with Crippen LogP contribution in [-0.2, 0) is 14.3 Å². The number of carbonyl (C=O) groups excluding carboxylic acids is 2. The number of carbonyl (C=O) groups is 2. The zero-order chi connectivity index (χ0) is 11.9. The molecule has 0 heterocycles. The van der Waals surface area contributed by atoms with Crippen molar-refractivity contribution >= 4 is 12.1 Å². The number of rotatable bonds is 3. The summed E-state index contributed by atoms with van der Waals surface area (Å²) in [6.07, 6.45) is 2.20. The third-order valence-corrected chi connectivity index (χ3v) is 1.22. The number of alkyl carbamates (subject to hydrolysis) is 1. The minimum Gasteiger partial charge on any atom is -0.466 e. The first-order valence-corrected chi connectivity index (χ1v) is 4.56. The van der Waals surface area contributed by atoms with E-state index in [0.29, 0.717) is 0 Å². The van der Waals surface area contributed by atoms with Crippen molar-refractivity contribution < 1.29 is 19.1 Å². The van der Waals surface area contributed by atoms with Crippen molar-refractivity contribution in [3.05, 3.63) is 12.2 Å². The highest BCUT2D eigenvalue weighted by atomic mass is 16.6. The normalized spacial score (nSPS) is 11.2. The molecule has 0 radical (unpaired) electrons. The molecule has 0 aromatic rings. The molecule has 86 valence electrons. The van der Waals surface area contributed by atoms with Crippen LogP contribution in [-0.4, -0.2) is 31.3 Å². The third-order valence-electron chi connectivity index (χ3n) is 1.22. The maximum absolute atomic E-state index is 11.1. The molecule has 0 atom stereocenters. The zero-order valence-electron chi connectivity index (χ0n) is 9.49. The molecule has 1 amide bonds. The van der Waals surface area contributed by atoms with Crippen LogP contribution in [0.2, 0.25) is 0 Å². The van der Waals surface area contributed by atoms with Crippen LogP contribution in [0.3, 0.4) is 0 Å². The lowest BCUT2D eigenvalue weighted by Crippen LogP contribution is -2.32. The Bertz CT molecular complexity index is 253. The van der Waals surface area contributed by atoms with Crippen LogP contribution in [0.15, 0.2) is 12.2 Å². The van der Waals surface area contributed by atoms with Crippen LogP contribution in [0.1, 0.15) is 20.8 Å². The number of amides is 1. The van der Waals surface area contributed by atoms with Gasteiger partial charge in [-0.05, 0) is 20.8 Å². The fourth-order valence-corrected chi connectivity index (χ4v) is 0.680. The first-order valence-electron chi connectivity index (χ1n) is 4.56. The topological polar surface area (TPSA) is 64.6 Å². The van der Waals surface area contributed by atoms with Gasteiger partial charge in [-0.1, -0.05) is 6.08 Å². The molecule has 0 saturated heterocycles. The predicted octanol–water partition coefficient (Wildman–Crippen LogP) is 1.24. The molecule has 0 rings (SSSR count). The number of esters is 1. The van der Waals surface area contributed by atoms with Gasteiger partial charge in [0, 0.05) is 12.6 Å². The second-order valence-corrected chi connectivity index (χ2v) is 3.81. The Kier molecular flexibility index (Phi) is 5.44. The highest BCUT2D eigenvalue weighted by molar-refractivity contribution is 5.81. The second-order valence-electron chi connectivity index (χ2n) is 3.81. The molecule has 0 fully saturated rings. The summed E-state index contributed by atoms with van der Waals surface area (Å²) in [5, 5.41) is 2.46. The molecule has 0 unspecified atom stereocenters. The highest BCUT2D eigenvalue weighted by Gasteiger charge is 2.14. The summed E-state index contributed by atoms with van der Waals surface area (Å²) in [6, 6.07) is 0. The van der Waals surface area contributed by atoms with Crippen molar-refractivity contribution in [1.82, 2.24) is 5.32 Å². The lowest BCUT2D eigenvalue weighted by atomic mass is 10.2. The lowest BCUT2D eigenvalue weighted by molar-refractivity contribution is -0.134. The summed E-state index contributed by atoms with van der Waals surface area (Å²) in [4.78, 5) is 21.7. The van der Waals surface area contributed by atoms with Crippen molar-refractivity contribution in [2.75, 3.05) is 13.7 Å². The predicted molar refractivity (Wildman–Crippen MR) is 55.4 cm³/mol. The van der Waals surface area contributed by atoms with E-state index in [-0.39, 0.29) is 6.54 Å². The summed E-state index contributed by atoms with van der Waals surface area (Å²) < 4.78 is 9.34. The fourth-order valence-electron chi connectivity index (χ4n) is 0.680. The van der Waals surface area contributed by atoms with Crippen LogP contribution in [0.5, 0.6) is 0 Å². The van der Waals surface area contributed by atoms with E-state index in [1.165, 1.54) is 19.3 Å². The first kappa shape index (κ1) is 13.5. The number of nitrogens with one attached hydrogen (secondary N) is 1. The van der Waals surface area contributed by atoms with Crippen molar-refractivity contribution in [3.63, 3.8) is 0 Å². The monoisotopic (exact) mass is 215 g/mol. The van der Waals surface area contributed by atoms with Gasteiger partial charge in [-0.25, -0.2) is 9.59 Å². The molecule has 0 saturated carbocycles. The average Bonchev–Trinajstić information content (AvgIpc) is 2.09. The molecule has 0 aromatic carbocycles. The number of hydrogen-bond acceptors (Lipinski definition) is 4.